The lowest BCUT2D eigenvalue weighted by atomic mass is 9.67. The Hall–Kier alpha value is -0.0800. The minimum absolute atomic E-state index is 0.508. The van der Waals surface area contributed by atoms with Crippen LogP contribution in [0.5, 0.6) is 0 Å². The molecule has 1 aliphatic heterocycles. The van der Waals surface area contributed by atoms with Gasteiger partial charge in [0.1, 0.15) is 0 Å². The number of hydrogen-bond acceptors (Lipinski definition) is 2. The topological polar surface area (TPSA) is 15.3 Å². The zero-order valence-electron chi connectivity index (χ0n) is 14.9. The van der Waals surface area contributed by atoms with E-state index in [4.69, 9.17) is 0 Å². The molecule has 21 heavy (non-hydrogen) atoms. The first kappa shape index (κ1) is 15.8. The summed E-state index contributed by atoms with van der Waals surface area (Å²) < 4.78 is 0. The summed E-state index contributed by atoms with van der Waals surface area (Å²) in [5.74, 6) is 0.963. The second-order valence-corrected chi connectivity index (χ2v) is 8.97. The Bertz CT molecular complexity index is 373. The summed E-state index contributed by atoms with van der Waals surface area (Å²) >= 11 is 0. The second-order valence-electron chi connectivity index (χ2n) is 8.97. The van der Waals surface area contributed by atoms with Crippen LogP contribution in [0.2, 0.25) is 0 Å². The normalized spacial score (nSPS) is 46.1. The summed E-state index contributed by atoms with van der Waals surface area (Å²) in [6.45, 7) is 14.9. The van der Waals surface area contributed by atoms with Gasteiger partial charge in [-0.05, 0) is 48.9 Å². The Morgan fingerprint density at radius 2 is 1.95 bits per heavy atom. The molecular weight excluding hydrogens is 256 g/mol. The molecule has 2 aliphatic carbocycles. The Morgan fingerprint density at radius 1 is 1.19 bits per heavy atom. The highest BCUT2D eigenvalue weighted by Gasteiger charge is 2.61. The SMILES string of the molecule is CCCC1CN(C2C3(C)CCC(C3)C2(C)C)C(CC)CN1. The fourth-order valence-corrected chi connectivity index (χ4v) is 6.23. The van der Waals surface area contributed by atoms with E-state index in [1.54, 1.807) is 0 Å². The van der Waals surface area contributed by atoms with Gasteiger partial charge in [0.05, 0.1) is 0 Å². The summed E-state index contributed by atoms with van der Waals surface area (Å²) in [6.07, 6.45) is 8.34. The lowest BCUT2D eigenvalue weighted by molar-refractivity contribution is -0.0418. The van der Waals surface area contributed by atoms with Gasteiger partial charge in [-0.3, -0.25) is 4.90 Å². The molecular formula is C19H36N2. The molecule has 2 bridgehead atoms. The highest BCUT2D eigenvalue weighted by atomic mass is 15.3. The zero-order chi connectivity index (χ0) is 15.3. The predicted octanol–water partition coefficient (Wildman–Crippen LogP) is 4.05. The van der Waals surface area contributed by atoms with E-state index in [2.05, 4.69) is 44.8 Å². The Morgan fingerprint density at radius 3 is 2.52 bits per heavy atom. The second kappa shape index (κ2) is 5.53. The van der Waals surface area contributed by atoms with E-state index >= 15 is 0 Å². The first-order chi connectivity index (χ1) is 9.92. The van der Waals surface area contributed by atoms with Crippen LogP contribution in [0.25, 0.3) is 0 Å². The molecule has 122 valence electrons. The van der Waals surface area contributed by atoms with Gasteiger partial charge in [0.25, 0.3) is 0 Å². The van der Waals surface area contributed by atoms with E-state index in [0.29, 0.717) is 10.8 Å². The number of hydrogen-bond donors (Lipinski definition) is 1. The summed E-state index contributed by atoms with van der Waals surface area (Å²) in [7, 11) is 0. The minimum Gasteiger partial charge on any atom is -0.311 e. The third-order valence-electron chi connectivity index (χ3n) is 7.18. The van der Waals surface area contributed by atoms with Gasteiger partial charge < -0.3 is 5.32 Å². The van der Waals surface area contributed by atoms with Crippen molar-refractivity contribution in [2.24, 2.45) is 16.7 Å². The highest BCUT2D eigenvalue weighted by molar-refractivity contribution is 5.14. The molecule has 0 aromatic heterocycles. The maximum Gasteiger partial charge on any atom is 0.0222 e. The van der Waals surface area contributed by atoms with Crippen LogP contribution in [0, 0.1) is 16.7 Å². The summed E-state index contributed by atoms with van der Waals surface area (Å²) in [5, 5.41) is 3.82. The maximum atomic E-state index is 3.82. The molecule has 2 nitrogen and oxygen atoms in total. The Kier molecular flexibility index (Phi) is 4.16. The van der Waals surface area contributed by atoms with Crippen LogP contribution >= 0.6 is 0 Å². The highest BCUT2D eigenvalue weighted by Crippen LogP contribution is 2.64. The van der Waals surface area contributed by atoms with Crippen LogP contribution in [0.3, 0.4) is 0 Å². The number of nitrogens with one attached hydrogen (secondary N) is 1. The molecule has 3 fully saturated rings. The molecule has 0 aromatic rings. The fraction of sp³-hybridized carbons (Fsp3) is 1.00. The van der Waals surface area contributed by atoms with Crippen molar-refractivity contribution in [1.82, 2.24) is 10.2 Å². The molecule has 0 spiro atoms. The first-order valence-electron chi connectivity index (χ1n) is 9.41. The average Bonchev–Trinajstić information content (AvgIpc) is 2.90. The van der Waals surface area contributed by atoms with Gasteiger partial charge in [0.15, 0.2) is 0 Å². The largest absolute Gasteiger partial charge is 0.311 e. The molecule has 2 saturated carbocycles. The number of piperazine rings is 1. The molecule has 0 amide bonds. The lowest BCUT2D eigenvalue weighted by Gasteiger charge is -2.54. The third-order valence-corrected chi connectivity index (χ3v) is 7.18. The van der Waals surface area contributed by atoms with Gasteiger partial charge >= 0.3 is 0 Å². The predicted molar refractivity (Wildman–Crippen MR) is 90.5 cm³/mol. The van der Waals surface area contributed by atoms with E-state index in [-0.39, 0.29) is 0 Å². The standard InChI is InChI=1S/C19H36N2/c1-6-8-15-13-21(16(7-2)12-20-15)17-18(3,4)14-9-10-19(17,5)11-14/h14-17,20H,6-13H2,1-5H3. The number of fused-ring (bicyclic) bond motifs is 2. The van der Waals surface area contributed by atoms with Crippen molar-refractivity contribution in [3.63, 3.8) is 0 Å². The molecule has 1 heterocycles. The van der Waals surface area contributed by atoms with E-state index in [1.165, 1.54) is 51.6 Å². The van der Waals surface area contributed by atoms with Crippen LogP contribution in [-0.2, 0) is 0 Å². The molecule has 3 aliphatic rings. The van der Waals surface area contributed by atoms with Crippen molar-refractivity contribution in [2.75, 3.05) is 13.1 Å². The van der Waals surface area contributed by atoms with Crippen molar-refractivity contribution < 1.29 is 0 Å². The smallest absolute Gasteiger partial charge is 0.0222 e. The van der Waals surface area contributed by atoms with Crippen LogP contribution in [0.1, 0.15) is 73.1 Å². The van der Waals surface area contributed by atoms with E-state index < -0.39 is 0 Å². The molecule has 1 saturated heterocycles. The summed E-state index contributed by atoms with van der Waals surface area (Å²) in [4.78, 5) is 2.95. The van der Waals surface area contributed by atoms with Crippen molar-refractivity contribution >= 4 is 0 Å². The first-order valence-corrected chi connectivity index (χ1v) is 9.41. The monoisotopic (exact) mass is 292 g/mol. The van der Waals surface area contributed by atoms with Gasteiger partial charge in [-0.1, -0.05) is 41.0 Å². The van der Waals surface area contributed by atoms with Crippen LogP contribution in [0.4, 0.5) is 0 Å². The molecule has 1 N–H and O–H groups in total. The van der Waals surface area contributed by atoms with E-state index in [0.717, 1.165) is 24.0 Å². The molecule has 2 heteroatoms. The van der Waals surface area contributed by atoms with Gasteiger partial charge in [0.2, 0.25) is 0 Å². The van der Waals surface area contributed by atoms with Crippen LogP contribution in [0.15, 0.2) is 0 Å². The van der Waals surface area contributed by atoms with Crippen LogP contribution < -0.4 is 5.32 Å². The van der Waals surface area contributed by atoms with Crippen molar-refractivity contribution in [1.29, 1.82) is 0 Å². The van der Waals surface area contributed by atoms with Gasteiger partial charge in [-0.2, -0.15) is 0 Å². The summed E-state index contributed by atoms with van der Waals surface area (Å²) in [6, 6.07) is 2.27. The quantitative estimate of drug-likeness (QED) is 0.841. The van der Waals surface area contributed by atoms with Gasteiger partial charge in [0, 0.05) is 31.2 Å². The summed E-state index contributed by atoms with van der Waals surface area (Å²) in [5.41, 5.74) is 1.09. The minimum atomic E-state index is 0.508. The fourth-order valence-electron chi connectivity index (χ4n) is 6.23. The Balaban J connectivity index is 1.85. The maximum absolute atomic E-state index is 3.82. The zero-order valence-corrected chi connectivity index (χ0v) is 14.9. The van der Waals surface area contributed by atoms with Crippen LogP contribution in [-0.4, -0.2) is 36.1 Å². The molecule has 0 aromatic carbocycles. The van der Waals surface area contributed by atoms with E-state index in [1.807, 2.05) is 0 Å². The van der Waals surface area contributed by atoms with Crippen molar-refractivity contribution in [3.8, 4) is 0 Å². The van der Waals surface area contributed by atoms with Crippen molar-refractivity contribution in [3.05, 3.63) is 0 Å². The third kappa shape index (κ3) is 2.47. The molecule has 5 atom stereocenters. The molecule has 0 radical (unpaired) electrons. The van der Waals surface area contributed by atoms with Gasteiger partial charge in [-0.15, -0.1) is 0 Å². The van der Waals surface area contributed by atoms with E-state index in [9.17, 15) is 0 Å². The number of nitrogens with zero attached hydrogens (tertiary/aromatic N) is 1. The number of rotatable bonds is 4. The average molecular weight is 293 g/mol. The van der Waals surface area contributed by atoms with Gasteiger partial charge in [-0.25, -0.2) is 0 Å². The molecule has 5 unspecified atom stereocenters. The Labute approximate surface area is 132 Å². The van der Waals surface area contributed by atoms with Crippen molar-refractivity contribution in [2.45, 2.75) is 91.3 Å². The lowest BCUT2D eigenvalue weighted by Crippen LogP contribution is -2.64. The molecule has 3 rings (SSSR count).